The van der Waals surface area contributed by atoms with Gasteiger partial charge in [-0.25, -0.2) is 4.98 Å². The molecule has 2 aromatic rings. The van der Waals surface area contributed by atoms with Gasteiger partial charge >= 0.3 is 0 Å². The van der Waals surface area contributed by atoms with E-state index in [9.17, 15) is 0 Å². The number of nitrogens with zero attached hydrogens (tertiary/aromatic N) is 1. The Morgan fingerprint density at radius 1 is 1.35 bits per heavy atom. The van der Waals surface area contributed by atoms with Crippen LogP contribution in [0.1, 0.15) is 31.0 Å². The molecule has 0 aliphatic heterocycles. The number of H-pyrrole nitrogens is 1. The highest BCUT2D eigenvalue weighted by molar-refractivity contribution is 5.65. The molecule has 0 spiro atoms. The lowest BCUT2D eigenvalue weighted by Gasteiger charge is -2.06. The Morgan fingerprint density at radius 2 is 2.12 bits per heavy atom. The predicted molar refractivity (Wildman–Crippen MR) is 70.4 cm³/mol. The van der Waals surface area contributed by atoms with Gasteiger partial charge in [-0.2, -0.15) is 0 Å². The topological polar surface area (TPSA) is 80.7 Å². The maximum atomic E-state index is 5.73. The number of anilines is 1. The van der Waals surface area contributed by atoms with Gasteiger partial charge in [0.15, 0.2) is 5.95 Å². The van der Waals surface area contributed by atoms with E-state index in [1.165, 1.54) is 0 Å². The number of nitrogen functional groups attached to an aromatic ring is 1. The number of aromatic amines is 1. The van der Waals surface area contributed by atoms with Crippen LogP contribution in [0.2, 0.25) is 0 Å². The molecular formula is C13H18N4. The molecule has 0 fully saturated rings. The van der Waals surface area contributed by atoms with Crippen LogP contribution in [0.3, 0.4) is 0 Å². The maximum Gasteiger partial charge on any atom is 0.198 e. The molecule has 0 atom stereocenters. The number of nitrogens with two attached hydrogens (primary N) is 2. The highest BCUT2D eigenvalue weighted by atomic mass is 15.0. The molecule has 0 aliphatic carbocycles. The number of nitrogens with one attached hydrogen (secondary N) is 1. The molecule has 2 rings (SSSR count). The molecule has 4 nitrogen and oxygen atoms in total. The molecular weight excluding hydrogens is 212 g/mol. The quantitative estimate of drug-likeness (QED) is 0.756. The third kappa shape index (κ3) is 2.31. The van der Waals surface area contributed by atoms with Crippen molar-refractivity contribution >= 4 is 5.95 Å². The van der Waals surface area contributed by atoms with Gasteiger partial charge < -0.3 is 16.5 Å². The van der Waals surface area contributed by atoms with Gasteiger partial charge in [-0.05, 0) is 17.5 Å². The summed E-state index contributed by atoms with van der Waals surface area (Å²) in [4.78, 5) is 7.47. The van der Waals surface area contributed by atoms with Crippen molar-refractivity contribution in [1.29, 1.82) is 0 Å². The molecule has 1 aromatic heterocycles. The summed E-state index contributed by atoms with van der Waals surface area (Å²) in [5.74, 6) is 0.818. The van der Waals surface area contributed by atoms with Crippen LogP contribution < -0.4 is 11.5 Å². The minimum absolute atomic E-state index is 0.358. The van der Waals surface area contributed by atoms with Gasteiger partial charge in [0.2, 0.25) is 0 Å². The van der Waals surface area contributed by atoms with Crippen LogP contribution in [-0.4, -0.2) is 9.97 Å². The standard InChI is InChI=1S/C13H18N4/c1-8(2)11-12(17-13(15)16-11)10-5-3-4-9(6-10)7-14/h3-6,8H,7,14H2,1-2H3,(H3,15,16,17). The van der Waals surface area contributed by atoms with Crippen LogP contribution in [0.25, 0.3) is 11.3 Å². The number of rotatable bonds is 3. The van der Waals surface area contributed by atoms with Crippen LogP contribution in [0.4, 0.5) is 5.95 Å². The smallest absolute Gasteiger partial charge is 0.198 e. The first-order valence-electron chi connectivity index (χ1n) is 5.76. The molecule has 90 valence electrons. The first kappa shape index (κ1) is 11.7. The van der Waals surface area contributed by atoms with E-state index in [4.69, 9.17) is 11.5 Å². The number of hydrogen-bond acceptors (Lipinski definition) is 3. The summed E-state index contributed by atoms with van der Waals surface area (Å²) < 4.78 is 0. The molecule has 0 amide bonds. The van der Waals surface area contributed by atoms with E-state index in [-0.39, 0.29) is 0 Å². The summed E-state index contributed by atoms with van der Waals surface area (Å²) in [6, 6.07) is 8.09. The molecule has 0 unspecified atom stereocenters. The fourth-order valence-electron chi connectivity index (χ4n) is 1.89. The van der Waals surface area contributed by atoms with Crippen molar-refractivity contribution in [2.45, 2.75) is 26.3 Å². The minimum atomic E-state index is 0.358. The molecule has 0 saturated carbocycles. The highest BCUT2D eigenvalue weighted by Crippen LogP contribution is 2.28. The monoisotopic (exact) mass is 230 g/mol. The number of imidazole rings is 1. The zero-order valence-corrected chi connectivity index (χ0v) is 10.2. The summed E-state index contributed by atoms with van der Waals surface area (Å²) in [6.07, 6.45) is 0. The Kier molecular flexibility index (Phi) is 3.15. The molecule has 0 saturated heterocycles. The van der Waals surface area contributed by atoms with Crippen molar-refractivity contribution < 1.29 is 0 Å². The Labute approximate surface area is 101 Å². The van der Waals surface area contributed by atoms with Gasteiger partial charge in [0.1, 0.15) is 0 Å². The normalized spacial score (nSPS) is 11.1. The molecule has 1 aromatic carbocycles. The third-order valence-corrected chi connectivity index (χ3v) is 2.76. The van der Waals surface area contributed by atoms with Crippen LogP contribution in [0, 0.1) is 0 Å². The Morgan fingerprint density at radius 3 is 2.76 bits per heavy atom. The zero-order valence-electron chi connectivity index (χ0n) is 10.2. The van der Waals surface area contributed by atoms with Gasteiger partial charge in [0, 0.05) is 17.8 Å². The summed E-state index contributed by atoms with van der Waals surface area (Å²) >= 11 is 0. The predicted octanol–water partition coefficient (Wildman–Crippen LogP) is 2.24. The first-order valence-corrected chi connectivity index (χ1v) is 5.76. The van der Waals surface area contributed by atoms with Crippen molar-refractivity contribution in [2.75, 3.05) is 5.73 Å². The Hall–Kier alpha value is -1.81. The highest BCUT2D eigenvalue weighted by Gasteiger charge is 2.13. The van der Waals surface area contributed by atoms with Crippen LogP contribution >= 0.6 is 0 Å². The van der Waals surface area contributed by atoms with E-state index in [0.29, 0.717) is 18.4 Å². The molecule has 0 aliphatic rings. The lowest BCUT2D eigenvalue weighted by atomic mass is 10.0. The van der Waals surface area contributed by atoms with E-state index in [1.807, 2.05) is 18.2 Å². The SMILES string of the molecule is CC(C)c1[nH]c(N)nc1-c1cccc(CN)c1. The Balaban J connectivity index is 2.51. The van der Waals surface area contributed by atoms with Crippen LogP contribution in [-0.2, 0) is 6.54 Å². The molecule has 5 N–H and O–H groups in total. The molecule has 17 heavy (non-hydrogen) atoms. The summed E-state index contributed by atoms with van der Waals surface area (Å²) in [5.41, 5.74) is 15.5. The first-order chi connectivity index (χ1) is 8.11. The summed E-state index contributed by atoms with van der Waals surface area (Å²) in [7, 11) is 0. The van der Waals surface area contributed by atoms with Gasteiger partial charge in [-0.1, -0.05) is 32.0 Å². The van der Waals surface area contributed by atoms with Gasteiger partial charge in [-0.3, -0.25) is 0 Å². The molecule has 0 radical (unpaired) electrons. The second-order valence-corrected chi connectivity index (χ2v) is 4.44. The lowest BCUT2D eigenvalue weighted by molar-refractivity contribution is 0.836. The van der Waals surface area contributed by atoms with E-state index in [1.54, 1.807) is 0 Å². The van der Waals surface area contributed by atoms with E-state index in [0.717, 1.165) is 22.5 Å². The largest absolute Gasteiger partial charge is 0.369 e. The van der Waals surface area contributed by atoms with Crippen molar-refractivity contribution in [3.05, 3.63) is 35.5 Å². The van der Waals surface area contributed by atoms with Crippen molar-refractivity contribution in [3.8, 4) is 11.3 Å². The number of aromatic nitrogens is 2. The fourth-order valence-corrected chi connectivity index (χ4v) is 1.89. The van der Waals surface area contributed by atoms with Gasteiger partial charge in [0.25, 0.3) is 0 Å². The van der Waals surface area contributed by atoms with Crippen molar-refractivity contribution in [2.24, 2.45) is 5.73 Å². The zero-order chi connectivity index (χ0) is 12.4. The third-order valence-electron chi connectivity index (χ3n) is 2.76. The fraction of sp³-hybridized carbons (Fsp3) is 0.308. The second kappa shape index (κ2) is 4.59. The average molecular weight is 230 g/mol. The van der Waals surface area contributed by atoms with Crippen LogP contribution in [0.5, 0.6) is 0 Å². The van der Waals surface area contributed by atoms with Gasteiger partial charge in [0.05, 0.1) is 5.69 Å². The summed E-state index contributed by atoms with van der Waals surface area (Å²) in [5, 5.41) is 0. The van der Waals surface area contributed by atoms with Gasteiger partial charge in [-0.15, -0.1) is 0 Å². The van der Waals surface area contributed by atoms with E-state index in [2.05, 4.69) is 29.9 Å². The second-order valence-electron chi connectivity index (χ2n) is 4.44. The average Bonchev–Trinajstić information content (AvgIpc) is 2.72. The van der Waals surface area contributed by atoms with E-state index < -0.39 is 0 Å². The number of benzene rings is 1. The molecule has 0 bridgehead atoms. The van der Waals surface area contributed by atoms with Crippen molar-refractivity contribution in [1.82, 2.24) is 9.97 Å². The molecule has 4 heteroatoms. The molecule has 1 heterocycles. The lowest BCUT2D eigenvalue weighted by Crippen LogP contribution is -1.97. The van der Waals surface area contributed by atoms with Crippen LogP contribution in [0.15, 0.2) is 24.3 Å². The number of hydrogen-bond donors (Lipinski definition) is 3. The van der Waals surface area contributed by atoms with Crippen molar-refractivity contribution in [3.63, 3.8) is 0 Å². The Bertz CT molecular complexity index is 514. The summed E-state index contributed by atoms with van der Waals surface area (Å²) in [6.45, 7) is 4.76. The minimum Gasteiger partial charge on any atom is -0.369 e. The van der Waals surface area contributed by atoms with E-state index >= 15 is 0 Å². The maximum absolute atomic E-state index is 5.73.